The van der Waals surface area contributed by atoms with Crippen LogP contribution in [0.2, 0.25) is 0 Å². The van der Waals surface area contributed by atoms with Gasteiger partial charge in [0.25, 0.3) is 5.91 Å². The lowest BCUT2D eigenvalue weighted by molar-refractivity contribution is 0.102. The minimum Gasteiger partial charge on any atom is -0.485 e. The highest BCUT2D eigenvalue weighted by atomic mass is 19.1. The Kier molecular flexibility index (Phi) is 5.42. The predicted molar refractivity (Wildman–Crippen MR) is 114 cm³/mol. The first-order valence-electron chi connectivity index (χ1n) is 9.77. The van der Waals surface area contributed by atoms with Crippen LogP contribution in [0, 0.1) is 32.4 Å². The van der Waals surface area contributed by atoms with E-state index in [0.29, 0.717) is 22.8 Å². The molecule has 0 spiro atoms. The number of aromatic nitrogens is 2. The molecular weight excluding hydrogens is 400 g/mol. The molecule has 31 heavy (non-hydrogen) atoms. The van der Waals surface area contributed by atoms with Gasteiger partial charge >= 0.3 is 0 Å². The van der Waals surface area contributed by atoms with Crippen molar-refractivity contribution in [2.75, 3.05) is 5.32 Å². The lowest BCUT2D eigenvalue weighted by Gasteiger charge is -2.11. The number of hydrogen-bond donors (Lipinski definition) is 1. The highest BCUT2D eigenvalue weighted by Gasteiger charge is 2.20. The third-order valence-corrected chi connectivity index (χ3v) is 5.29. The molecule has 0 atom stereocenters. The smallest absolute Gasteiger partial charge is 0.274 e. The maximum absolute atomic E-state index is 13.9. The Morgan fingerprint density at radius 3 is 2.48 bits per heavy atom. The number of benzene rings is 2. The standard InChI is InChI=1S/C24H21F2N3O2/c1-14-7-4-10-20(15(14)2)28-24(30)22-16(3)27-23-21(11-6-12-29(22)23)31-13-17-18(25)8-5-9-19(17)26/h4-12H,13H2,1-3H3,(H,28,30). The summed E-state index contributed by atoms with van der Waals surface area (Å²) < 4.78 is 35.1. The van der Waals surface area contributed by atoms with Crippen molar-refractivity contribution in [3.63, 3.8) is 0 Å². The topological polar surface area (TPSA) is 55.6 Å². The van der Waals surface area contributed by atoms with Gasteiger partial charge in [-0.25, -0.2) is 13.8 Å². The predicted octanol–water partition coefficient (Wildman–Crippen LogP) is 5.37. The van der Waals surface area contributed by atoms with Crippen LogP contribution < -0.4 is 10.1 Å². The van der Waals surface area contributed by atoms with Crippen LogP contribution in [0.5, 0.6) is 5.75 Å². The van der Waals surface area contributed by atoms with Gasteiger partial charge in [0, 0.05) is 11.9 Å². The molecule has 0 fully saturated rings. The van der Waals surface area contributed by atoms with E-state index in [9.17, 15) is 13.6 Å². The number of halogens is 2. The SMILES string of the molecule is Cc1cccc(NC(=O)c2c(C)nc3c(OCc4c(F)cccc4F)cccn23)c1C. The van der Waals surface area contributed by atoms with E-state index in [2.05, 4.69) is 10.3 Å². The lowest BCUT2D eigenvalue weighted by Crippen LogP contribution is -2.16. The Morgan fingerprint density at radius 2 is 1.74 bits per heavy atom. The van der Waals surface area contributed by atoms with Crippen molar-refractivity contribution >= 4 is 17.2 Å². The van der Waals surface area contributed by atoms with E-state index >= 15 is 0 Å². The van der Waals surface area contributed by atoms with Crippen molar-refractivity contribution in [2.24, 2.45) is 0 Å². The summed E-state index contributed by atoms with van der Waals surface area (Å²) in [6, 6.07) is 12.7. The fraction of sp³-hybridized carbons (Fsp3) is 0.167. The van der Waals surface area contributed by atoms with Crippen LogP contribution in [0.15, 0.2) is 54.7 Å². The molecule has 0 saturated heterocycles. The first kappa shape index (κ1) is 20.5. The van der Waals surface area contributed by atoms with Crippen molar-refractivity contribution < 1.29 is 18.3 Å². The normalized spacial score (nSPS) is 11.0. The number of hydrogen-bond acceptors (Lipinski definition) is 3. The van der Waals surface area contributed by atoms with Gasteiger partial charge in [-0.3, -0.25) is 9.20 Å². The molecule has 0 aliphatic carbocycles. The van der Waals surface area contributed by atoms with Crippen molar-refractivity contribution in [1.82, 2.24) is 9.38 Å². The first-order chi connectivity index (χ1) is 14.9. The Labute approximate surface area is 178 Å². The summed E-state index contributed by atoms with van der Waals surface area (Å²) in [7, 11) is 0. The van der Waals surface area contributed by atoms with Crippen LogP contribution >= 0.6 is 0 Å². The first-order valence-corrected chi connectivity index (χ1v) is 9.77. The summed E-state index contributed by atoms with van der Waals surface area (Å²) in [5.74, 6) is -1.35. The van der Waals surface area contributed by atoms with Crippen molar-refractivity contribution in [3.8, 4) is 5.75 Å². The quantitative estimate of drug-likeness (QED) is 0.471. The number of rotatable bonds is 5. The average Bonchev–Trinajstić information content (AvgIpc) is 3.07. The molecule has 2 aromatic carbocycles. The average molecular weight is 421 g/mol. The monoisotopic (exact) mass is 421 g/mol. The number of ether oxygens (including phenoxy) is 1. The number of fused-ring (bicyclic) bond motifs is 1. The van der Waals surface area contributed by atoms with E-state index in [4.69, 9.17) is 4.74 Å². The van der Waals surface area contributed by atoms with Gasteiger partial charge in [-0.2, -0.15) is 0 Å². The van der Waals surface area contributed by atoms with Gasteiger partial charge in [0.05, 0.1) is 11.3 Å². The maximum Gasteiger partial charge on any atom is 0.274 e. The molecular formula is C24H21F2N3O2. The van der Waals surface area contributed by atoms with Gasteiger partial charge in [0.2, 0.25) is 0 Å². The number of imidazole rings is 1. The van der Waals surface area contributed by atoms with Crippen LogP contribution in [0.4, 0.5) is 14.5 Å². The molecule has 0 saturated carbocycles. The van der Waals surface area contributed by atoms with Gasteiger partial charge in [-0.1, -0.05) is 18.2 Å². The van der Waals surface area contributed by atoms with Gasteiger partial charge in [-0.15, -0.1) is 0 Å². The number of carbonyl (C=O) groups excluding carboxylic acids is 1. The summed E-state index contributed by atoms with van der Waals surface area (Å²) in [5, 5.41) is 2.94. The Hall–Kier alpha value is -3.74. The van der Waals surface area contributed by atoms with Crippen LogP contribution in [0.3, 0.4) is 0 Å². The third kappa shape index (κ3) is 3.86. The molecule has 1 amide bonds. The van der Waals surface area contributed by atoms with Crippen molar-refractivity contribution in [3.05, 3.63) is 94.4 Å². The molecule has 2 heterocycles. The van der Waals surface area contributed by atoms with Crippen molar-refractivity contribution in [2.45, 2.75) is 27.4 Å². The fourth-order valence-electron chi connectivity index (χ4n) is 3.43. The zero-order chi connectivity index (χ0) is 22.1. The maximum atomic E-state index is 13.9. The number of aryl methyl sites for hydroxylation is 2. The molecule has 5 nitrogen and oxygen atoms in total. The number of nitrogens with zero attached hydrogens (tertiary/aromatic N) is 2. The van der Waals surface area contributed by atoms with Gasteiger partial charge in [0.1, 0.15) is 23.9 Å². The van der Waals surface area contributed by atoms with Gasteiger partial charge < -0.3 is 10.1 Å². The minimum absolute atomic E-state index is 0.166. The van der Waals surface area contributed by atoms with E-state index in [1.54, 1.807) is 29.7 Å². The Bertz CT molecular complexity index is 1280. The van der Waals surface area contributed by atoms with Crippen molar-refractivity contribution in [1.29, 1.82) is 0 Å². The zero-order valence-corrected chi connectivity index (χ0v) is 17.4. The molecule has 0 radical (unpaired) electrons. The zero-order valence-electron chi connectivity index (χ0n) is 17.4. The summed E-state index contributed by atoms with van der Waals surface area (Å²) in [6.07, 6.45) is 1.70. The Morgan fingerprint density at radius 1 is 1.03 bits per heavy atom. The minimum atomic E-state index is -0.680. The second-order valence-corrected chi connectivity index (χ2v) is 7.30. The molecule has 2 aromatic heterocycles. The van der Waals surface area contributed by atoms with Crippen LogP contribution in [-0.2, 0) is 6.61 Å². The summed E-state index contributed by atoms with van der Waals surface area (Å²) in [5.41, 5.74) is 3.88. The number of amides is 1. The number of carbonyl (C=O) groups is 1. The molecule has 0 unspecified atom stereocenters. The molecule has 4 rings (SSSR count). The number of pyridine rings is 1. The molecule has 0 aliphatic rings. The lowest BCUT2D eigenvalue weighted by atomic mass is 10.1. The van der Waals surface area contributed by atoms with Gasteiger partial charge in [0.15, 0.2) is 11.4 Å². The second-order valence-electron chi connectivity index (χ2n) is 7.30. The second kappa shape index (κ2) is 8.18. The molecule has 1 N–H and O–H groups in total. The number of nitrogens with one attached hydrogen (secondary N) is 1. The van der Waals surface area contributed by atoms with E-state index in [1.165, 1.54) is 18.2 Å². The van der Waals surface area contributed by atoms with E-state index in [1.807, 2.05) is 32.0 Å². The van der Waals surface area contributed by atoms with Crippen LogP contribution in [0.25, 0.3) is 5.65 Å². The van der Waals surface area contributed by atoms with Crippen LogP contribution in [0.1, 0.15) is 32.9 Å². The third-order valence-electron chi connectivity index (χ3n) is 5.29. The summed E-state index contributed by atoms with van der Waals surface area (Å²) in [4.78, 5) is 17.5. The summed E-state index contributed by atoms with van der Waals surface area (Å²) >= 11 is 0. The Balaban J connectivity index is 1.65. The fourth-order valence-corrected chi connectivity index (χ4v) is 3.43. The molecule has 7 heteroatoms. The molecule has 158 valence electrons. The summed E-state index contributed by atoms with van der Waals surface area (Å²) in [6.45, 7) is 5.35. The number of anilines is 1. The highest BCUT2D eigenvalue weighted by Crippen LogP contribution is 2.25. The largest absolute Gasteiger partial charge is 0.485 e. The van der Waals surface area contributed by atoms with E-state index < -0.39 is 11.6 Å². The van der Waals surface area contributed by atoms with E-state index in [0.717, 1.165) is 16.8 Å². The molecule has 0 bridgehead atoms. The highest BCUT2D eigenvalue weighted by molar-refractivity contribution is 6.05. The van der Waals surface area contributed by atoms with Crippen LogP contribution in [-0.4, -0.2) is 15.3 Å². The van der Waals surface area contributed by atoms with Gasteiger partial charge in [-0.05, 0) is 62.2 Å². The molecule has 0 aliphatic heterocycles. The molecule has 4 aromatic rings. The van der Waals surface area contributed by atoms with E-state index in [-0.39, 0.29) is 18.1 Å².